The number of aliphatic hydroxyl groups excluding tert-OH is 1. The summed E-state index contributed by atoms with van der Waals surface area (Å²) in [5, 5.41) is 20.0. The van der Waals surface area contributed by atoms with Crippen molar-refractivity contribution in [2.75, 3.05) is 18.1 Å². The Morgan fingerprint density at radius 2 is 1.77 bits per heavy atom. The number of nitrogens with zero attached hydrogens (tertiary/aromatic N) is 3. The molecule has 8 nitrogen and oxygen atoms in total. The van der Waals surface area contributed by atoms with E-state index < -0.39 is 17.7 Å². The summed E-state index contributed by atoms with van der Waals surface area (Å²) in [4.78, 5) is 28.4. The lowest BCUT2D eigenvalue weighted by atomic mass is 9.95. The van der Waals surface area contributed by atoms with Gasteiger partial charge in [-0.05, 0) is 48.6 Å². The lowest BCUT2D eigenvalue weighted by molar-refractivity contribution is -0.132. The highest BCUT2D eigenvalue weighted by molar-refractivity contribution is 8.00. The molecule has 228 valence electrons. The minimum atomic E-state index is -1.02. The summed E-state index contributed by atoms with van der Waals surface area (Å²) >= 11 is 2.39. The van der Waals surface area contributed by atoms with Crippen LogP contribution in [0.4, 0.5) is 9.52 Å². The van der Waals surface area contributed by atoms with Gasteiger partial charge >= 0.3 is 5.91 Å². The molecule has 1 amide bonds. The molecule has 0 saturated carbocycles. The highest BCUT2D eigenvalue weighted by Crippen LogP contribution is 2.45. The fraction of sp³-hybridized carbons (Fsp3) is 0.273. The molecule has 1 N–H and O–H groups in total. The van der Waals surface area contributed by atoms with Gasteiger partial charge in [0.05, 0.1) is 24.8 Å². The molecule has 44 heavy (non-hydrogen) atoms. The molecule has 1 fully saturated rings. The second kappa shape index (κ2) is 14.0. The van der Waals surface area contributed by atoms with E-state index >= 15 is 0 Å². The summed E-state index contributed by atoms with van der Waals surface area (Å²) in [6.45, 7) is 6.95. The first-order valence-electron chi connectivity index (χ1n) is 14.2. The minimum absolute atomic E-state index is 0.0760. The average Bonchev–Trinajstić information content (AvgIpc) is 3.59. The molecule has 0 radical (unpaired) electrons. The second-order valence-corrected chi connectivity index (χ2v) is 12.6. The van der Waals surface area contributed by atoms with Gasteiger partial charge in [0.1, 0.15) is 11.6 Å². The molecule has 3 aromatic carbocycles. The SMILES string of the molecule is CCOc1cc(C2C(=C(O)c3ccccc3)C(=O)C(=O)N2c2nnc(SCc3ccccc3F)s2)ccc1OCCC(C)C. The van der Waals surface area contributed by atoms with Gasteiger partial charge in [0.25, 0.3) is 5.78 Å². The Kier molecular flexibility index (Phi) is 9.96. The fourth-order valence-electron chi connectivity index (χ4n) is 4.70. The Hall–Kier alpha value is -4.22. The van der Waals surface area contributed by atoms with E-state index in [1.165, 1.54) is 22.7 Å². The van der Waals surface area contributed by atoms with Crippen molar-refractivity contribution in [1.29, 1.82) is 0 Å². The van der Waals surface area contributed by atoms with E-state index in [4.69, 9.17) is 9.47 Å². The molecule has 2 heterocycles. The van der Waals surface area contributed by atoms with Crippen LogP contribution in [-0.2, 0) is 15.3 Å². The number of aromatic nitrogens is 2. The average molecular weight is 634 g/mol. The van der Waals surface area contributed by atoms with Crippen LogP contribution in [0.5, 0.6) is 11.5 Å². The molecule has 1 saturated heterocycles. The van der Waals surface area contributed by atoms with E-state index in [1.54, 1.807) is 66.7 Å². The van der Waals surface area contributed by atoms with Crippen LogP contribution in [0.1, 0.15) is 49.9 Å². The Bertz CT molecular complexity index is 1670. The number of anilines is 1. The summed E-state index contributed by atoms with van der Waals surface area (Å²) < 4.78 is 26.6. The first kappa shape index (κ1) is 31.2. The van der Waals surface area contributed by atoms with E-state index in [0.29, 0.717) is 57.4 Å². The van der Waals surface area contributed by atoms with Crippen molar-refractivity contribution in [2.24, 2.45) is 5.92 Å². The number of thioether (sulfide) groups is 1. The molecule has 0 aliphatic carbocycles. The zero-order valence-electron chi connectivity index (χ0n) is 24.5. The quantitative estimate of drug-likeness (QED) is 0.0566. The summed E-state index contributed by atoms with van der Waals surface area (Å²) in [7, 11) is 0. The molecule has 1 unspecified atom stereocenters. The molecule has 0 spiro atoms. The summed E-state index contributed by atoms with van der Waals surface area (Å²) in [6.07, 6.45) is 0.860. The third-order valence-electron chi connectivity index (χ3n) is 6.94. The smallest absolute Gasteiger partial charge is 0.301 e. The predicted molar refractivity (Wildman–Crippen MR) is 170 cm³/mol. The van der Waals surface area contributed by atoms with Crippen molar-refractivity contribution in [1.82, 2.24) is 10.2 Å². The van der Waals surface area contributed by atoms with Gasteiger partial charge in [0, 0.05) is 11.3 Å². The van der Waals surface area contributed by atoms with Crippen LogP contribution in [0, 0.1) is 11.7 Å². The minimum Gasteiger partial charge on any atom is -0.507 e. The van der Waals surface area contributed by atoms with Crippen LogP contribution < -0.4 is 14.4 Å². The molecule has 11 heteroatoms. The maximum atomic E-state index is 14.2. The van der Waals surface area contributed by atoms with Crippen molar-refractivity contribution >= 4 is 45.7 Å². The number of hydrogen-bond donors (Lipinski definition) is 1. The van der Waals surface area contributed by atoms with Gasteiger partial charge in [-0.15, -0.1) is 10.2 Å². The molecule has 5 rings (SSSR count). The van der Waals surface area contributed by atoms with Gasteiger partial charge < -0.3 is 14.6 Å². The maximum Gasteiger partial charge on any atom is 0.301 e. The fourth-order valence-corrected chi connectivity index (χ4v) is 6.55. The number of Topliss-reactive ketones (excluding diaryl/α,β-unsaturated/α-hetero) is 1. The topological polar surface area (TPSA) is 102 Å². The highest BCUT2D eigenvalue weighted by atomic mass is 32.2. The third-order valence-corrected chi connectivity index (χ3v) is 9.04. The standard InChI is InChI=1S/C33H32FN3O5S2/c1-4-41-26-18-22(14-15-25(26)42-17-16-20(2)3)28-27(29(38)21-10-6-5-7-11-21)30(39)31(40)37(28)32-35-36-33(44-32)43-19-23-12-8-9-13-24(23)34/h5-15,18,20,28,38H,4,16-17,19H2,1-3H3. The Morgan fingerprint density at radius 1 is 1.02 bits per heavy atom. The van der Waals surface area contributed by atoms with Crippen molar-refractivity contribution in [3.05, 3.63) is 101 Å². The van der Waals surface area contributed by atoms with Crippen LogP contribution in [-0.4, -0.2) is 40.2 Å². The Morgan fingerprint density at radius 3 is 2.50 bits per heavy atom. The van der Waals surface area contributed by atoms with Gasteiger partial charge in [-0.1, -0.05) is 91.5 Å². The van der Waals surface area contributed by atoms with Crippen molar-refractivity contribution < 1.29 is 28.6 Å². The third kappa shape index (κ3) is 6.79. The molecule has 1 atom stereocenters. The first-order valence-corrected chi connectivity index (χ1v) is 16.0. The summed E-state index contributed by atoms with van der Waals surface area (Å²) in [5.41, 5.74) is 1.36. The predicted octanol–water partition coefficient (Wildman–Crippen LogP) is 7.42. The van der Waals surface area contributed by atoms with Crippen LogP contribution in [0.25, 0.3) is 5.76 Å². The Labute approximate surface area is 263 Å². The second-order valence-electron chi connectivity index (χ2n) is 10.4. The van der Waals surface area contributed by atoms with Gasteiger partial charge in [-0.2, -0.15) is 0 Å². The van der Waals surface area contributed by atoms with Crippen LogP contribution in [0.2, 0.25) is 0 Å². The van der Waals surface area contributed by atoms with Crippen LogP contribution in [0.3, 0.4) is 0 Å². The molecule has 4 aromatic rings. The number of amides is 1. The lowest BCUT2D eigenvalue weighted by Gasteiger charge is -2.23. The summed E-state index contributed by atoms with van der Waals surface area (Å²) in [5.74, 6) is -0.538. The van der Waals surface area contributed by atoms with E-state index in [0.717, 1.165) is 17.8 Å². The number of hydrogen-bond acceptors (Lipinski definition) is 9. The zero-order valence-corrected chi connectivity index (χ0v) is 26.2. The van der Waals surface area contributed by atoms with E-state index in [-0.39, 0.29) is 22.3 Å². The number of rotatable bonds is 12. The lowest BCUT2D eigenvalue weighted by Crippen LogP contribution is -2.29. The molecular weight excluding hydrogens is 602 g/mol. The highest BCUT2D eigenvalue weighted by Gasteiger charge is 2.48. The number of carbonyl (C=O) groups excluding carboxylic acids is 2. The zero-order chi connectivity index (χ0) is 31.2. The van der Waals surface area contributed by atoms with Gasteiger partial charge in [-0.25, -0.2) is 4.39 Å². The molecule has 1 aliphatic rings. The van der Waals surface area contributed by atoms with Crippen molar-refractivity contribution in [3.8, 4) is 11.5 Å². The van der Waals surface area contributed by atoms with E-state index in [1.807, 2.05) is 6.92 Å². The van der Waals surface area contributed by atoms with Crippen molar-refractivity contribution in [3.63, 3.8) is 0 Å². The monoisotopic (exact) mass is 633 g/mol. The molecule has 1 aliphatic heterocycles. The van der Waals surface area contributed by atoms with Gasteiger partial charge in [0.2, 0.25) is 5.13 Å². The number of ketones is 1. The number of ether oxygens (including phenoxy) is 2. The van der Waals surface area contributed by atoms with Crippen LogP contribution in [0.15, 0.2) is 82.7 Å². The Balaban J connectivity index is 1.55. The molecule has 0 bridgehead atoms. The number of benzene rings is 3. The largest absolute Gasteiger partial charge is 0.507 e. The number of aliphatic hydroxyl groups is 1. The van der Waals surface area contributed by atoms with Crippen molar-refractivity contribution in [2.45, 2.75) is 43.3 Å². The first-order chi connectivity index (χ1) is 21.3. The van der Waals surface area contributed by atoms with E-state index in [2.05, 4.69) is 24.0 Å². The maximum absolute atomic E-state index is 14.2. The van der Waals surface area contributed by atoms with Crippen LogP contribution >= 0.6 is 23.1 Å². The summed E-state index contributed by atoms with van der Waals surface area (Å²) in [6, 6.07) is 19.3. The normalized spacial score (nSPS) is 16.1. The van der Waals surface area contributed by atoms with E-state index in [9.17, 15) is 19.1 Å². The number of halogens is 1. The van der Waals surface area contributed by atoms with Gasteiger partial charge in [-0.3, -0.25) is 14.5 Å². The van der Waals surface area contributed by atoms with Gasteiger partial charge in [0.15, 0.2) is 15.8 Å². The molecular formula is C33H32FN3O5S2. The molecule has 1 aromatic heterocycles. The number of carbonyl (C=O) groups is 2.